The summed E-state index contributed by atoms with van der Waals surface area (Å²) >= 11 is 9.58. The molecular weight excluding hydrogens is 357 g/mol. The predicted octanol–water partition coefficient (Wildman–Crippen LogP) is 4.44. The van der Waals surface area contributed by atoms with Gasteiger partial charge in [-0.1, -0.05) is 18.2 Å². The van der Waals surface area contributed by atoms with Gasteiger partial charge in [0.2, 0.25) is 5.91 Å². The lowest BCUT2D eigenvalue weighted by Crippen LogP contribution is -2.20. The highest BCUT2D eigenvalue weighted by Gasteiger charge is 2.25. The van der Waals surface area contributed by atoms with Gasteiger partial charge in [-0.3, -0.25) is 4.79 Å². The molecule has 0 aromatic heterocycles. The number of hydrogen-bond acceptors (Lipinski definition) is 1. The second-order valence-corrected chi connectivity index (χ2v) is 6.34. The number of hydrogen-bond donors (Lipinski definition) is 0. The first-order valence-electron chi connectivity index (χ1n) is 6.46. The zero-order valence-electron chi connectivity index (χ0n) is 11.2. The minimum atomic E-state index is -0.445. The molecule has 21 heavy (non-hydrogen) atoms. The van der Waals surface area contributed by atoms with Crippen LogP contribution < -0.4 is 4.90 Å². The van der Waals surface area contributed by atoms with Crippen LogP contribution in [0.15, 0.2) is 40.9 Å². The van der Waals surface area contributed by atoms with Crippen molar-refractivity contribution in [2.75, 3.05) is 11.9 Å². The van der Waals surface area contributed by atoms with Crippen LogP contribution in [0, 0.1) is 5.82 Å². The highest BCUT2D eigenvalue weighted by Crippen LogP contribution is 2.35. The minimum Gasteiger partial charge on any atom is -0.315 e. The molecule has 0 fully saturated rings. The first-order valence-corrected chi connectivity index (χ1v) is 7.68. The first-order chi connectivity index (χ1) is 9.97. The molecule has 1 aliphatic rings. The minimum absolute atomic E-state index is 0.0722. The van der Waals surface area contributed by atoms with Crippen molar-refractivity contribution < 1.29 is 9.18 Å². The number of carbonyl (C=O) groups is 1. The van der Waals surface area contributed by atoms with E-state index >= 15 is 0 Å². The van der Waals surface area contributed by atoms with E-state index in [1.54, 1.807) is 24.1 Å². The average molecular weight is 369 g/mol. The maximum absolute atomic E-state index is 13.6. The van der Waals surface area contributed by atoms with E-state index in [0.29, 0.717) is 16.5 Å². The van der Waals surface area contributed by atoms with Gasteiger partial charge in [0, 0.05) is 12.7 Å². The van der Waals surface area contributed by atoms with Crippen LogP contribution >= 0.6 is 27.5 Å². The molecular formula is C16H12BrClFNO. The molecule has 1 heterocycles. The van der Waals surface area contributed by atoms with Gasteiger partial charge >= 0.3 is 0 Å². The van der Waals surface area contributed by atoms with E-state index in [1.807, 2.05) is 18.2 Å². The molecule has 0 N–H and O–H groups in total. The van der Waals surface area contributed by atoms with Crippen molar-refractivity contribution in [1.29, 1.82) is 0 Å². The molecule has 2 aromatic carbocycles. The summed E-state index contributed by atoms with van der Waals surface area (Å²) < 4.78 is 14.0. The molecule has 5 heteroatoms. The smallest absolute Gasteiger partial charge is 0.231 e. The number of amides is 1. The highest BCUT2D eigenvalue weighted by molar-refractivity contribution is 9.10. The second kappa shape index (κ2) is 5.43. The summed E-state index contributed by atoms with van der Waals surface area (Å²) in [6.45, 7) is 0. The first kappa shape index (κ1) is 14.5. The standard InChI is InChI=1S/C16H12BrClFNO/c1-20-14-5-3-9(6-11(14)8-15(20)21)16(18)10-2-4-12(17)13(19)7-10/h2-7,16H,8H2,1H3. The van der Waals surface area contributed by atoms with Gasteiger partial charge in [-0.05, 0) is 50.8 Å². The van der Waals surface area contributed by atoms with Crippen molar-refractivity contribution in [3.8, 4) is 0 Å². The SMILES string of the molecule is CN1C(=O)Cc2cc(C(Cl)c3ccc(Br)c(F)c3)ccc21. The molecule has 0 aliphatic carbocycles. The van der Waals surface area contributed by atoms with E-state index in [2.05, 4.69) is 15.9 Å². The Morgan fingerprint density at radius 1 is 1.24 bits per heavy atom. The van der Waals surface area contributed by atoms with E-state index in [4.69, 9.17) is 11.6 Å². The zero-order valence-corrected chi connectivity index (χ0v) is 13.6. The van der Waals surface area contributed by atoms with Crippen LogP contribution in [0.1, 0.15) is 22.1 Å². The Bertz CT molecular complexity index is 734. The van der Waals surface area contributed by atoms with Gasteiger partial charge in [-0.2, -0.15) is 0 Å². The van der Waals surface area contributed by atoms with Crippen LogP contribution in [0.2, 0.25) is 0 Å². The van der Waals surface area contributed by atoms with Crippen LogP contribution in [-0.4, -0.2) is 13.0 Å². The van der Waals surface area contributed by atoms with Crippen LogP contribution in [0.25, 0.3) is 0 Å². The van der Waals surface area contributed by atoms with Crippen molar-refractivity contribution in [1.82, 2.24) is 0 Å². The maximum Gasteiger partial charge on any atom is 0.231 e. The summed E-state index contributed by atoms with van der Waals surface area (Å²) in [6.07, 6.45) is 0.387. The van der Waals surface area contributed by atoms with Gasteiger partial charge in [0.05, 0.1) is 16.3 Å². The van der Waals surface area contributed by atoms with E-state index < -0.39 is 5.38 Å². The number of nitrogens with zero attached hydrogens (tertiary/aromatic N) is 1. The van der Waals surface area contributed by atoms with Gasteiger partial charge in [0.15, 0.2) is 0 Å². The molecule has 1 unspecified atom stereocenters. The lowest BCUT2D eigenvalue weighted by Gasteiger charge is -2.14. The molecule has 108 valence electrons. The maximum atomic E-state index is 13.6. The van der Waals surface area contributed by atoms with Gasteiger partial charge in [0.25, 0.3) is 0 Å². The summed E-state index contributed by atoms with van der Waals surface area (Å²) in [7, 11) is 1.76. The Labute approximate surface area is 135 Å². The molecule has 2 aromatic rings. The molecule has 1 aliphatic heterocycles. The third-order valence-corrected chi connectivity index (χ3v) is 4.86. The van der Waals surface area contributed by atoms with Crippen LogP contribution in [0.4, 0.5) is 10.1 Å². The molecule has 0 radical (unpaired) electrons. The number of rotatable bonds is 2. The molecule has 0 saturated heterocycles. The number of fused-ring (bicyclic) bond motifs is 1. The molecule has 2 nitrogen and oxygen atoms in total. The lowest BCUT2D eigenvalue weighted by molar-refractivity contribution is -0.117. The van der Waals surface area contributed by atoms with Crippen molar-refractivity contribution in [2.45, 2.75) is 11.8 Å². The lowest BCUT2D eigenvalue weighted by atomic mass is 10.0. The Kier molecular flexibility index (Phi) is 3.76. The normalized spacial score (nSPS) is 15.2. The fraction of sp³-hybridized carbons (Fsp3) is 0.188. The Morgan fingerprint density at radius 3 is 2.62 bits per heavy atom. The zero-order chi connectivity index (χ0) is 15.1. The second-order valence-electron chi connectivity index (χ2n) is 5.05. The number of anilines is 1. The van der Waals surface area contributed by atoms with Gasteiger partial charge in [0.1, 0.15) is 5.82 Å². The number of benzene rings is 2. The predicted molar refractivity (Wildman–Crippen MR) is 85.4 cm³/mol. The molecule has 1 atom stereocenters. The third-order valence-electron chi connectivity index (χ3n) is 3.71. The molecule has 0 saturated carbocycles. The van der Waals surface area contributed by atoms with E-state index in [-0.39, 0.29) is 11.7 Å². The number of alkyl halides is 1. The highest BCUT2D eigenvalue weighted by atomic mass is 79.9. The van der Waals surface area contributed by atoms with Gasteiger partial charge in [-0.15, -0.1) is 11.6 Å². The van der Waals surface area contributed by atoms with Crippen molar-refractivity contribution in [3.63, 3.8) is 0 Å². The number of likely N-dealkylation sites (N-methyl/N-ethyl adjacent to an activating group) is 1. The van der Waals surface area contributed by atoms with E-state index in [1.165, 1.54) is 6.07 Å². The average Bonchev–Trinajstić information content (AvgIpc) is 2.76. The van der Waals surface area contributed by atoms with Crippen LogP contribution in [0.5, 0.6) is 0 Å². The monoisotopic (exact) mass is 367 g/mol. The van der Waals surface area contributed by atoms with Crippen molar-refractivity contribution in [2.24, 2.45) is 0 Å². The Hall–Kier alpha value is -1.39. The largest absolute Gasteiger partial charge is 0.315 e. The van der Waals surface area contributed by atoms with Crippen LogP contribution in [-0.2, 0) is 11.2 Å². The fourth-order valence-electron chi connectivity index (χ4n) is 2.51. The fourth-order valence-corrected chi connectivity index (χ4v) is 3.03. The van der Waals surface area contributed by atoms with Crippen molar-refractivity contribution in [3.05, 3.63) is 63.4 Å². The van der Waals surface area contributed by atoms with E-state index in [0.717, 1.165) is 16.8 Å². The Balaban J connectivity index is 1.96. The summed E-state index contributed by atoms with van der Waals surface area (Å²) in [5.41, 5.74) is 3.42. The molecule has 0 spiro atoms. The molecule has 3 rings (SSSR count). The summed E-state index contributed by atoms with van der Waals surface area (Å²) in [6, 6.07) is 10.5. The van der Waals surface area contributed by atoms with Crippen molar-refractivity contribution >= 4 is 39.1 Å². The van der Waals surface area contributed by atoms with E-state index in [9.17, 15) is 9.18 Å². The summed E-state index contributed by atoms with van der Waals surface area (Å²) in [5, 5.41) is -0.445. The molecule has 0 bridgehead atoms. The quantitative estimate of drug-likeness (QED) is 0.718. The molecule has 1 amide bonds. The topological polar surface area (TPSA) is 20.3 Å². The summed E-state index contributed by atoms with van der Waals surface area (Å²) in [4.78, 5) is 13.3. The number of carbonyl (C=O) groups excluding carboxylic acids is 1. The third kappa shape index (κ3) is 2.58. The Morgan fingerprint density at radius 2 is 1.90 bits per heavy atom. The van der Waals surface area contributed by atoms with Gasteiger partial charge in [-0.25, -0.2) is 4.39 Å². The van der Waals surface area contributed by atoms with Crippen LogP contribution in [0.3, 0.4) is 0 Å². The van der Waals surface area contributed by atoms with Gasteiger partial charge < -0.3 is 4.90 Å². The number of halogens is 3. The summed E-state index contributed by atoms with van der Waals surface area (Å²) in [5.74, 6) is -0.267.